The van der Waals surface area contributed by atoms with E-state index in [0.717, 1.165) is 11.3 Å². The average molecular weight is 287 g/mol. The van der Waals surface area contributed by atoms with Gasteiger partial charge >= 0.3 is 0 Å². The maximum absolute atomic E-state index is 6.04. The molecule has 0 bridgehead atoms. The lowest BCUT2D eigenvalue weighted by atomic mass is 10.1. The highest BCUT2D eigenvalue weighted by atomic mass is 35.5. The Kier molecular flexibility index (Phi) is 3.32. The van der Waals surface area contributed by atoms with Crippen LogP contribution in [0.2, 0.25) is 5.15 Å². The van der Waals surface area contributed by atoms with Gasteiger partial charge in [0.15, 0.2) is 0 Å². The van der Waals surface area contributed by atoms with Gasteiger partial charge in [-0.3, -0.25) is 4.40 Å². The number of imidazole rings is 1. The van der Waals surface area contributed by atoms with Crippen molar-refractivity contribution in [1.29, 1.82) is 0 Å². The summed E-state index contributed by atoms with van der Waals surface area (Å²) < 4.78 is 1.96. The van der Waals surface area contributed by atoms with Crippen molar-refractivity contribution in [1.82, 2.24) is 14.4 Å². The summed E-state index contributed by atoms with van der Waals surface area (Å²) in [5.74, 6) is 1.60. The Balaban J connectivity index is 1.90. The van der Waals surface area contributed by atoms with E-state index >= 15 is 0 Å². The van der Waals surface area contributed by atoms with E-state index in [0.29, 0.717) is 17.6 Å². The molecule has 2 heterocycles. The number of nitrogens with one attached hydrogen (secondary N) is 1. The van der Waals surface area contributed by atoms with Gasteiger partial charge in [-0.25, -0.2) is 9.97 Å². The number of rotatable bonds is 3. The molecule has 5 heteroatoms. The summed E-state index contributed by atoms with van der Waals surface area (Å²) in [6, 6.07) is 10.2. The van der Waals surface area contributed by atoms with E-state index < -0.39 is 0 Å². The van der Waals surface area contributed by atoms with E-state index in [9.17, 15) is 0 Å². The van der Waals surface area contributed by atoms with Crippen LogP contribution in [0.5, 0.6) is 0 Å². The van der Waals surface area contributed by atoms with E-state index in [1.807, 2.05) is 11.3 Å². The largest absolute Gasteiger partial charge is 0.351 e. The third-order valence-electron chi connectivity index (χ3n) is 3.23. The highest BCUT2D eigenvalue weighted by Crippen LogP contribution is 2.18. The van der Waals surface area contributed by atoms with Crippen LogP contribution < -0.4 is 5.32 Å². The van der Waals surface area contributed by atoms with Gasteiger partial charge in [-0.15, -0.1) is 0 Å². The SMILES string of the molecule is Cc1ccc(CNc2nc(Cl)cc3cnc(C)n23)cc1. The lowest BCUT2D eigenvalue weighted by molar-refractivity contribution is 0.968. The molecule has 0 unspecified atom stereocenters. The molecule has 0 atom stereocenters. The molecular weight excluding hydrogens is 272 g/mol. The van der Waals surface area contributed by atoms with Crippen LogP contribution in [0.15, 0.2) is 36.5 Å². The molecule has 0 amide bonds. The summed E-state index contributed by atoms with van der Waals surface area (Å²) in [5, 5.41) is 3.78. The van der Waals surface area contributed by atoms with Gasteiger partial charge in [-0.05, 0) is 19.4 Å². The number of anilines is 1. The number of fused-ring (bicyclic) bond motifs is 1. The Labute approximate surface area is 122 Å². The Bertz CT molecular complexity index is 746. The summed E-state index contributed by atoms with van der Waals surface area (Å²) in [4.78, 5) is 8.63. The third kappa shape index (κ3) is 2.47. The Morgan fingerprint density at radius 1 is 1.20 bits per heavy atom. The van der Waals surface area contributed by atoms with Gasteiger partial charge in [0, 0.05) is 12.6 Å². The van der Waals surface area contributed by atoms with Gasteiger partial charge < -0.3 is 5.32 Å². The van der Waals surface area contributed by atoms with Gasteiger partial charge in [-0.2, -0.15) is 0 Å². The second kappa shape index (κ2) is 5.13. The highest BCUT2D eigenvalue weighted by Gasteiger charge is 2.08. The van der Waals surface area contributed by atoms with Gasteiger partial charge in [-0.1, -0.05) is 41.4 Å². The molecule has 0 radical (unpaired) electrons. The fraction of sp³-hybridized carbons (Fsp3) is 0.200. The predicted molar refractivity (Wildman–Crippen MR) is 81.2 cm³/mol. The third-order valence-corrected chi connectivity index (χ3v) is 3.42. The number of aryl methyl sites for hydroxylation is 2. The van der Waals surface area contributed by atoms with Crippen LogP contribution in [0.3, 0.4) is 0 Å². The normalized spacial score (nSPS) is 10.9. The molecule has 0 spiro atoms. The predicted octanol–water partition coefficient (Wildman–Crippen LogP) is 3.61. The first kappa shape index (κ1) is 12.9. The fourth-order valence-electron chi connectivity index (χ4n) is 2.15. The average Bonchev–Trinajstić information content (AvgIpc) is 2.79. The maximum atomic E-state index is 6.04. The van der Waals surface area contributed by atoms with E-state index in [-0.39, 0.29) is 0 Å². The van der Waals surface area contributed by atoms with Gasteiger partial charge in [0.1, 0.15) is 11.0 Å². The molecule has 0 saturated heterocycles. The van der Waals surface area contributed by atoms with Gasteiger partial charge in [0.25, 0.3) is 0 Å². The maximum Gasteiger partial charge on any atom is 0.210 e. The van der Waals surface area contributed by atoms with Crippen molar-refractivity contribution in [2.45, 2.75) is 20.4 Å². The molecule has 20 heavy (non-hydrogen) atoms. The number of halogens is 1. The van der Waals surface area contributed by atoms with Crippen LogP contribution in [-0.4, -0.2) is 14.4 Å². The zero-order valence-corrected chi connectivity index (χ0v) is 12.1. The molecule has 2 aromatic heterocycles. The van der Waals surface area contributed by atoms with Crippen molar-refractivity contribution in [3.8, 4) is 0 Å². The number of hydrogen-bond acceptors (Lipinski definition) is 3. The van der Waals surface area contributed by atoms with Crippen molar-refractivity contribution in [3.63, 3.8) is 0 Å². The zero-order chi connectivity index (χ0) is 14.1. The molecule has 102 valence electrons. The zero-order valence-electron chi connectivity index (χ0n) is 11.4. The van der Waals surface area contributed by atoms with Crippen LogP contribution in [-0.2, 0) is 6.54 Å². The van der Waals surface area contributed by atoms with Crippen LogP contribution in [0.4, 0.5) is 5.95 Å². The highest BCUT2D eigenvalue weighted by molar-refractivity contribution is 6.29. The topological polar surface area (TPSA) is 42.2 Å². The van der Waals surface area contributed by atoms with Crippen molar-refractivity contribution >= 4 is 23.1 Å². The summed E-state index contributed by atoms with van der Waals surface area (Å²) in [6.07, 6.45) is 1.79. The minimum atomic E-state index is 0.462. The number of aromatic nitrogens is 3. The first-order valence-corrected chi connectivity index (χ1v) is 6.81. The number of benzene rings is 1. The summed E-state index contributed by atoms with van der Waals surface area (Å²) in [7, 11) is 0. The van der Waals surface area contributed by atoms with Crippen molar-refractivity contribution in [3.05, 3.63) is 58.6 Å². The van der Waals surface area contributed by atoms with Gasteiger partial charge in [0.05, 0.1) is 11.7 Å². The van der Waals surface area contributed by atoms with Crippen LogP contribution in [0.25, 0.3) is 5.52 Å². The second-order valence-corrected chi connectivity index (χ2v) is 5.19. The molecule has 0 aliphatic heterocycles. The molecule has 1 N–H and O–H groups in total. The van der Waals surface area contributed by atoms with Crippen molar-refractivity contribution in [2.75, 3.05) is 5.32 Å². The smallest absolute Gasteiger partial charge is 0.210 e. The molecule has 3 rings (SSSR count). The standard InChI is InChI=1S/C15H15ClN4/c1-10-3-5-12(6-4-10)8-18-15-19-14(16)7-13-9-17-11(2)20(13)15/h3-7,9H,8H2,1-2H3,(H,18,19). The van der Waals surface area contributed by atoms with Crippen LogP contribution in [0.1, 0.15) is 17.0 Å². The summed E-state index contributed by atoms with van der Waals surface area (Å²) >= 11 is 6.04. The lowest BCUT2D eigenvalue weighted by Crippen LogP contribution is -2.07. The quantitative estimate of drug-likeness (QED) is 0.748. The molecule has 4 nitrogen and oxygen atoms in total. The fourth-order valence-corrected chi connectivity index (χ4v) is 2.34. The number of hydrogen-bond donors (Lipinski definition) is 1. The molecule has 0 fully saturated rings. The number of nitrogens with zero attached hydrogens (tertiary/aromatic N) is 3. The summed E-state index contributed by atoms with van der Waals surface area (Å²) in [5.41, 5.74) is 3.39. The first-order chi connectivity index (χ1) is 9.63. The molecule has 0 saturated carbocycles. The first-order valence-electron chi connectivity index (χ1n) is 6.43. The Morgan fingerprint density at radius 2 is 1.95 bits per heavy atom. The van der Waals surface area contributed by atoms with Crippen molar-refractivity contribution < 1.29 is 0 Å². The molecule has 0 aliphatic carbocycles. The second-order valence-electron chi connectivity index (χ2n) is 4.81. The molecular formula is C15H15ClN4. The minimum Gasteiger partial charge on any atom is -0.351 e. The molecule has 0 aliphatic rings. The lowest BCUT2D eigenvalue weighted by Gasteiger charge is -2.10. The van der Waals surface area contributed by atoms with Gasteiger partial charge in [0.2, 0.25) is 5.95 Å². The Morgan fingerprint density at radius 3 is 2.70 bits per heavy atom. The van der Waals surface area contributed by atoms with E-state index in [1.54, 1.807) is 12.3 Å². The molecule has 3 aromatic rings. The van der Waals surface area contributed by atoms with Crippen molar-refractivity contribution in [2.24, 2.45) is 0 Å². The Hall–Kier alpha value is -2.07. The van der Waals surface area contributed by atoms with E-state index in [4.69, 9.17) is 11.6 Å². The van der Waals surface area contributed by atoms with E-state index in [1.165, 1.54) is 11.1 Å². The molecule has 1 aromatic carbocycles. The van der Waals surface area contributed by atoms with E-state index in [2.05, 4.69) is 46.5 Å². The van der Waals surface area contributed by atoms with Crippen LogP contribution >= 0.6 is 11.6 Å². The summed E-state index contributed by atoms with van der Waals surface area (Å²) in [6.45, 7) is 4.72. The van der Waals surface area contributed by atoms with Crippen LogP contribution in [0, 0.1) is 13.8 Å². The minimum absolute atomic E-state index is 0.462. The monoisotopic (exact) mass is 286 g/mol.